The van der Waals surface area contributed by atoms with Gasteiger partial charge in [-0.3, -0.25) is 10.1 Å². The number of nitro benzene ring substituents is 1. The number of benzene rings is 1. The predicted octanol–water partition coefficient (Wildman–Crippen LogP) is 3.91. The minimum atomic E-state index is -0.483. The van der Waals surface area contributed by atoms with Crippen molar-refractivity contribution in [2.45, 2.75) is 45.1 Å². The molecule has 0 atom stereocenters. The maximum absolute atomic E-state index is 10.9. The van der Waals surface area contributed by atoms with Gasteiger partial charge in [0, 0.05) is 11.8 Å². The third kappa shape index (κ3) is 3.47. The summed E-state index contributed by atoms with van der Waals surface area (Å²) in [5.74, 6) is 0.674. The molecular formula is C15H21ClN2O3. The van der Waals surface area contributed by atoms with Crippen molar-refractivity contribution in [2.24, 2.45) is 5.92 Å². The van der Waals surface area contributed by atoms with Crippen LogP contribution in [0.4, 0.5) is 11.4 Å². The monoisotopic (exact) mass is 312 g/mol. The summed E-state index contributed by atoms with van der Waals surface area (Å²) in [5, 5.41) is 24.2. The molecule has 0 saturated heterocycles. The van der Waals surface area contributed by atoms with E-state index in [1.807, 2.05) is 6.92 Å². The highest BCUT2D eigenvalue weighted by Crippen LogP contribution is 2.37. The fraction of sp³-hybridized carbons (Fsp3) is 0.600. The fourth-order valence-electron chi connectivity index (χ4n) is 2.86. The van der Waals surface area contributed by atoms with Crippen molar-refractivity contribution in [1.82, 2.24) is 0 Å². The van der Waals surface area contributed by atoms with E-state index in [4.69, 9.17) is 11.6 Å². The molecule has 1 aromatic rings. The summed E-state index contributed by atoms with van der Waals surface area (Å²) in [6.07, 6.45) is 3.90. The Kier molecular flexibility index (Phi) is 4.74. The quantitative estimate of drug-likeness (QED) is 0.653. The molecule has 6 heteroatoms. The van der Waals surface area contributed by atoms with Crippen molar-refractivity contribution in [1.29, 1.82) is 0 Å². The third-order valence-electron chi connectivity index (χ3n) is 4.42. The van der Waals surface area contributed by atoms with Gasteiger partial charge < -0.3 is 10.4 Å². The number of aliphatic hydroxyl groups excluding tert-OH is 1. The van der Waals surface area contributed by atoms with Gasteiger partial charge in [-0.1, -0.05) is 18.5 Å². The highest BCUT2D eigenvalue weighted by molar-refractivity contribution is 6.33. The van der Waals surface area contributed by atoms with E-state index < -0.39 is 4.92 Å². The molecule has 0 radical (unpaired) electrons. The zero-order valence-corrected chi connectivity index (χ0v) is 13.1. The van der Waals surface area contributed by atoms with Crippen LogP contribution in [0.15, 0.2) is 12.1 Å². The van der Waals surface area contributed by atoms with Crippen molar-refractivity contribution >= 4 is 23.0 Å². The van der Waals surface area contributed by atoms with E-state index in [0.717, 1.165) is 36.9 Å². The number of hydrogen-bond acceptors (Lipinski definition) is 4. The molecule has 1 aromatic carbocycles. The average Bonchev–Trinajstić information content (AvgIpc) is 2.45. The molecule has 1 fully saturated rings. The summed E-state index contributed by atoms with van der Waals surface area (Å²) in [6.45, 7) is 4.07. The number of rotatable bonds is 4. The van der Waals surface area contributed by atoms with Gasteiger partial charge in [0.15, 0.2) is 0 Å². The fourth-order valence-corrected chi connectivity index (χ4v) is 3.10. The van der Waals surface area contributed by atoms with Gasteiger partial charge in [-0.05, 0) is 50.2 Å². The Balaban J connectivity index is 2.26. The second kappa shape index (κ2) is 6.20. The molecule has 1 saturated carbocycles. The topological polar surface area (TPSA) is 75.4 Å². The van der Waals surface area contributed by atoms with Crippen LogP contribution in [0.2, 0.25) is 5.02 Å². The van der Waals surface area contributed by atoms with Crippen LogP contribution in [0.5, 0.6) is 0 Å². The van der Waals surface area contributed by atoms with Crippen LogP contribution in [-0.4, -0.2) is 22.2 Å². The van der Waals surface area contributed by atoms with E-state index in [0.29, 0.717) is 5.92 Å². The maximum atomic E-state index is 10.9. The van der Waals surface area contributed by atoms with Crippen LogP contribution in [-0.2, 0) is 0 Å². The van der Waals surface area contributed by atoms with Crippen molar-refractivity contribution in [3.63, 3.8) is 0 Å². The standard InChI is InChI=1S/C15H21ClN2O3/c1-10-3-5-15(9-19,6-4-10)17-13-8-12(16)14(18(20)21)7-11(13)2/h7-8,10,17,19H,3-6,9H2,1-2H3. The van der Waals surface area contributed by atoms with E-state index in [2.05, 4.69) is 12.2 Å². The number of nitrogens with zero attached hydrogens (tertiary/aromatic N) is 1. The van der Waals surface area contributed by atoms with Gasteiger partial charge in [0.05, 0.1) is 17.1 Å². The Labute approximate surface area is 129 Å². The van der Waals surface area contributed by atoms with Gasteiger partial charge in [-0.2, -0.15) is 0 Å². The zero-order valence-electron chi connectivity index (χ0n) is 12.4. The largest absolute Gasteiger partial charge is 0.394 e. The van der Waals surface area contributed by atoms with E-state index in [1.165, 1.54) is 6.07 Å². The SMILES string of the molecule is Cc1cc([N+](=O)[O-])c(Cl)cc1NC1(CO)CCC(C)CC1. The summed E-state index contributed by atoms with van der Waals surface area (Å²) in [4.78, 5) is 10.4. The summed E-state index contributed by atoms with van der Waals surface area (Å²) in [5.41, 5.74) is 1.08. The van der Waals surface area contributed by atoms with Crippen LogP contribution < -0.4 is 5.32 Å². The molecule has 5 nitrogen and oxygen atoms in total. The van der Waals surface area contributed by atoms with E-state index in [9.17, 15) is 15.2 Å². The molecule has 0 bridgehead atoms. The van der Waals surface area contributed by atoms with Gasteiger partial charge in [0.1, 0.15) is 5.02 Å². The number of aliphatic hydroxyl groups is 1. The molecule has 1 aliphatic carbocycles. The molecule has 0 heterocycles. The molecule has 0 aromatic heterocycles. The van der Waals surface area contributed by atoms with Crippen LogP contribution in [0, 0.1) is 23.0 Å². The first-order chi connectivity index (χ1) is 9.87. The first-order valence-corrected chi connectivity index (χ1v) is 7.58. The maximum Gasteiger partial charge on any atom is 0.288 e. The molecule has 0 spiro atoms. The highest BCUT2D eigenvalue weighted by atomic mass is 35.5. The van der Waals surface area contributed by atoms with Gasteiger partial charge in [-0.25, -0.2) is 0 Å². The normalized spacial score (nSPS) is 25.6. The lowest BCUT2D eigenvalue weighted by atomic mass is 9.77. The lowest BCUT2D eigenvalue weighted by Crippen LogP contribution is -2.45. The van der Waals surface area contributed by atoms with Crippen molar-refractivity contribution in [3.8, 4) is 0 Å². The summed E-state index contributed by atoms with van der Waals surface area (Å²) in [7, 11) is 0. The van der Waals surface area contributed by atoms with Gasteiger partial charge in [0.2, 0.25) is 0 Å². The molecule has 0 amide bonds. The predicted molar refractivity (Wildman–Crippen MR) is 83.9 cm³/mol. The van der Waals surface area contributed by atoms with Crippen LogP contribution in [0.3, 0.4) is 0 Å². The molecule has 0 aliphatic heterocycles. The average molecular weight is 313 g/mol. The minimum absolute atomic E-state index is 0.0494. The lowest BCUT2D eigenvalue weighted by molar-refractivity contribution is -0.384. The molecule has 2 N–H and O–H groups in total. The smallest absolute Gasteiger partial charge is 0.288 e. The number of nitrogens with one attached hydrogen (secondary N) is 1. The summed E-state index contributed by atoms with van der Waals surface area (Å²) in [6, 6.07) is 3.06. The molecule has 21 heavy (non-hydrogen) atoms. The van der Waals surface area contributed by atoms with E-state index in [-0.39, 0.29) is 22.9 Å². The first-order valence-electron chi connectivity index (χ1n) is 7.20. The first kappa shape index (κ1) is 16.0. The molecule has 116 valence electrons. The number of hydrogen-bond donors (Lipinski definition) is 2. The third-order valence-corrected chi connectivity index (χ3v) is 4.73. The molecule has 0 unspecified atom stereocenters. The summed E-state index contributed by atoms with van der Waals surface area (Å²) >= 11 is 5.98. The zero-order chi connectivity index (χ0) is 15.6. The Morgan fingerprint density at radius 1 is 1.48 bits per heavy atom. The Bertz CT molecular complexity index is 540. The number of aryl methyl sites for hydroxylation is 1. The van der Waals surface area contributed by atoms with Crippen LogP contribution >= 0.6 is 11.6 Å². The van der Waals surface area contributed by atoms with Gasteiger partial charge >= 0.3 is 0 Å². The minimum Gasteiger partial charge on any atom is -0.394 e. The molecular weight excluding hydrogens is 292 g/mol. The summed E-state index contributed by atoms with van der Waals surface area (Å²) < 4.78 is 0. The van der Waals surface area contributed by atoms with Crippen LogP contribution in [0.1, 0.15) is 38.2 Å². The highest BCUT2D eigenvalue weighted by Gasteiger charge is 2.34. The van der Waals surface area contributed by atoms with Crippen molar-refractivity contribution in [3.05, 3.63) is 32.8 Å². The van der Waals surface area contributed by atoms with Crippen molar-refractivity contribution < 1.29 is 10.0 Å². The van der Waals surface area contributed by atoms with Crippen LogP contribution in [0.25, 0.3) is 0 Å². The second-order valence-corrected chi connectivity index (χ2v) is 6.53. The Hall–Kier alpha value is -1.33. The Morgan fingerprint density at radius 3 is 2.62 bits per heavy atom. The second-order valence-electron chi connectivity index (χ2n) is 6.12. The lowest BCUT2D eigenvalue weighted by Gasteiger charge is -2.40. The van der Waals surface area contributed by atoms with E-state index in [1.54, 1.807) is 6.07 Å². The van der Waals surface area contributed by atoms with Crippen molar-refractivity contribution in [2.75, 3.05) is 11.9 Å². The number of anilines is 1. The molecule has 2 rings (SSSR count). The van der Waals surface area contributed by atoms with Gasteiger partial charge in [0.25, 0.3) is 5.69 Å². The van der Waals surface area contributed by atoms with E-state index >= 15 is 0 Å². The molecule has 1 aliphatic rings. The number of halogens is 1. The van der Waals surface area contributed by atoms with Gasteiger partial charge in [-0.15, -0.1) is 0 Å². The Morgan fingerprint density at radius 2 is 2.10 bits per heavy atom. The number of nitro groups is 1.